The molecule has 3 aromatic rings. The number of carbonyl (C=O) groups is 1. The van der Waals surface area contributed by atoms with Crippen molar-refractivity contribution in [2.75, 3.05) is 16.8 Å². The van der Waals surface area contributed by atoms with Gasteiger partial charge in [0.1, 0.15) is 10.7 Å². The average Bonchev–Trinajstić information content (AvgIpc) is 3.27. The fourth-order valence-corrected chi connectivity index (χ4v) is 6.07. The number of thioether (sulfide) groups is 2. The predicted molar refractivity (Wildman–Crippen MR) is 132 cm³/mol. The lowest BCUT2D eigenvalue weighted by Gasteiger charge is -2.17. The molecule has 160 valence electrons. The minimum absolute atomic E-state index is 0.160. The quantitative estimate of drug-likeness (QED) is 0.402. The Bertz CT molecular complexity index is 1300. The number of aliphatic imine (C=N–C) groups is 1. The van der Waals surface area contributed by atoms with E-state index in [2.05, 4.69) is 12.1 Å². The first kappa shape index (κ1) is 20.8. The van der Waals surface area contributed by atoms with Gasteiger partial charge in [0.25, 0.3) is 5.91 Å². The largest absolute Gasteiger partial charge is 0.337 e. The molecule has 0 N–H and O–H groups in total. The number of nitrogens with zero attached hydrogens (tertiary/aromatic N) is 3. The molecule has 1 fully saturated rings. The van der Waals surface area contributed by atoms with Crippen LogP contribution in [0.15, 0.2) is 86.6 Å². The summed E-state index contributed by atoms with van der Waals surface area (Å²) in [6.45, 7) is 4.04. The van der Waals surface area contributed by atoms with Crippen molar-refractivity contribution in [2.24, 2.45) is 4.99 Å². The first-order valence-corrected chi connectivity index (χ1v) is 11.7. The van der Waals surface area contributed by atoms with Crippen molar-refractivity contribution in [2.45, 2.75) is 18.7 Å². The topological polar surface area (TPSA) is 35.9 Å². The monoisotopic (exact) mass is 461 g/mol. The van der Waals surface area contributed by atoms with Gasteiger partial charge in [0.05, 0.1) is 22.1 Å². The zero-order valence-corrected chi connectivity index (χ0v) is 19.4. The van der Waals surface area contributed by atoms with E-state index in [1.807, 2.05) is 56.1 Å². The lowest BCUT2D eigenvalue weighted by atomic mass is 10.1. The maximum atomic E-state index is 13.6. The van der Waals surface area contributed by atoms with Gasteiger partial charge in [-0.3, -0.25) is 9.69 Å². The summed E-state index contributed by atoms with van der Waals surface area (Å²) < 4.78 is 13.6. The van der Waals surface area contributed by atoms with E-state index < -0.39 is 0 Å². The van der Waals surface area contributed by atoms with Gasteiger partial charge in [-0.2, -0.15) is 0 Å². The van der Waals surface area contributed by atoms with Gasteiger partial charge in [0, 0.05) is 11.9 Å². The molecule has 1 saturated heterocycles. The molecule has 0 radical (unpaired) electrons. The van der Waals surface area contributed by atoms with E-state index in [0.717, 1.165) is 32.4 Å². The Morgan fingerprint density at radius 3 is 2.41 bits per heavy atom. The first-order valence-electron chi connectivity index (χ1n) is 10.1. The Balaban J connectivity index is 1.63. The van der Waals surface area contributed by atoms with E-state index in [1.54, 1.807) is 28.8 Å². The number of rotatable bonds is 2. The van der Waals surface area contributed by atoms with E-state index in [1.165, 1.54) is 23.9 Å². The smallest absolute Gasteiger partial charge is 0.274 e. The van der Waals surface area contributed by atoms with Gasteiger partial charge in [-0.15, -0.1) is 0 Å². The summed E-state index contributed by atoms with van der Waals surface area (Å²) in [6, 6.07) is 20.1. The van der Waals surface area contributed by atoms with Crippen molar-refractivity contribution >= 4 is 51.7 Å². The van der Waals surface area contributed by atoms with Crippen LogP contribution in [0.25, 0.3) is 0 Å². The molecule has 0 aliphatic carbocycles. The number of carbonyl (C=O) groups excluding carboxylic acids is 1. The fourth-order valence-electron chi connectivity index (χ4n) is 3.73. The predicted octanol–water partition coefficient (Wildman–Crippen LogP) is 6.62. The minimum Gasteiger partial charge on any atom is -0.337 e. The van der Waals surface area contributed by atoms with E-state index >= 15 is 0 Å². The van der Waals surface area contributed by atoms with Crippen LogP contribution in [-0.4, -0.2) is 18.1 Å². The molecule has 32 heavy (non-hydrogen) atoms. The summed E-state index contributed by atoms with van der Waals surface area (Å²) in [4.78, 5) is 23.8. The van der Waals surface area contributed by atoms with Crippen molar-refractivity contribution in [3.63, 3.8) is 0 Å². The number of aryl methyl sites for hydroxylation is 2. The van der Waals surface area contributed by atoms with E-state index in [-0.39, 0.29) is 11.7 Å². The molecule has 0 saturated carbocycles. The second-order valence-corrected chi connectivity index (χ2v) is 9.67. The molecule has 2 aliphatic rings. The average molecular weight is 462 g/mol. The zero-order chi connectivity index (χ0) is 22.4. The molecule has 0 unspecified atom stereocenters. The molecule has 0 aromatic heterocycles. The Hall–Kier alpha value is -3.03. The summed E-state index contributed by atoms with van der Waals surface area (Å²) in [5, 5.41) is 1.43. The number of halogens is 1. The lowest BCUT2D eigenvalue weighted by Crippen LogP contribution is -2.29. The maximum Gasteiger partial charge on any atom is 0.274 e. The molecule has 2 heterocycles. The Morgan fingerprint density at radius 1 is 0.938 bits per heavy atom. The third-order valence-corrected chi connectivity index (χ3v) is 7.76. The molecule has 7 heteroatoms. The second kappa shape index (κ2) is 8.15. The van der Waals surface area contributed by atoms with Crippen molar-refractivity contribution in [3.05, 3.63) is 93.6 Å². The molecule has 4 nitrogen and oxygen atoms in total. The van der Waals surface area contributed by atoms with Gasteiger partial charge in [0.15, 0.2) is 5.17 Å². The number of benzene rings is 3. The SMILES string of the molecule is Cc1ccc(N=C2S/C(=C3\Sc4ccccc4N3C)C(=O)N2c2ccc(F)cc2)c(C)c1. The summed E-state index contributed by atoms with van der Waals surface area (Å²) in [5.41, 5.74) is 4.65. The van der Waals surface area contributed by atoms with Gasteiger partial charge in [-0.25, -0.2) is 9.38 Å². The summed E-state index contributed by atoms with van der Waals surface area (Å²) in [5.74, 6) is -0.506. The number of para-hydroxylation sites is 1. The molecule has 0 spiro atoms. The molecule has 1 amide bonds. The van der Waals surface area contributed by atoms with Gasteiger partial charge >= 0.3 is 0 Å². The maximum absolute atomic E-state index is 13.6. The summed E-state index contributed by atoms with van der Waals surface area (Å²) in [7, 11) is 1.97. The highest BCUT2D eigenvalue weighted by molar-refractivity contribution is 8.20. The number of hydrogen-bond acceptors (Lipinski definition) is 5. The van der Waals surface area contributed by atoms with Crippen LogP contribution in [-0.2, 0) is 4.79 Å². The van der Waals surface area contributed by atoms with Crippen LogP contribution in [0.5, 0.6) is 0 Å². The van der Waals surface area contributed by atoms with Gasteiger partial charge in [-0.1, -0.05) is 41.6 Å². The third kappa shape index (κ3) is 3.61. The van der Waals surface area contributed by atoms with Crippen LogP contribution in [0, 0.1) is 19.7 Å². The van der Waals surface area contributed by atoms with Gasteiger partial charge < -0.3 is 4.90 Å². The van der Waals surface area contributed by atoms with Crippen molar-refractivity contribution < 1.29 is 9.18 Å². The van der Waals surface area contributed by atoms with Crippen LogP contribution >= 0.6 is 23.5 Å². The molecular formula is C25H20FN3OS2. The Morgan fingerprint density at radius 2 is 1.69 bits per heavy atom. The van der Waals surface area contributed by atoms with Gasteiger partial charge in [0.2, 0.25) is 0 Å². The van der Waals surface area contributed by atoms with E-state index in [9.17, 15) is 9.18 Å². The molecule has 0 atom stereocenters. The number of anilines is 2. The molecule has 2 aliphatic heterocycles. The van der Waals surface area contributed by atoms with Crippen LogP contribution in [0.4, 0.5) is 21.5 Å². The number of fused-ring (bicyclic) bond motifs is 1. The molecule has 5 rings (SSSR count). The zero-order valence-electron chi connectivity index (χ0n) is 17.8. The standard InChI is InChI=1S/C25H20FN3OS2/c1-15-8-13-19(16(2)14-15)27-25-29(18-11-9-17(26)10-12-18)23(30)22(32-25)24-28(3)20-6-4-5-7-21(20)31-24/h4-14H,1-3H3/b24-22-,27-25?. The molecule has 0 bridgehead atoms. The van der Waals surface area contributed by atoms with Crippen LogP contribution in [0.3, 0.4) is 0 Å². The highest BCUT2D eigenvalue weighted by Crippen LogP contribution is 2.50. The van der Waals surface area contributed by atoms with Crippen molar-refractivity contribution in [1.29, 1.82) is 0 Å². The van der Waals surface area contributed by atoms with Crippen LogP contribution in [0.1, 0.15) is 11.1 Å². The highest BCUT2D eigenvalue weighted by Gasteiger charge is 2.40. The number of amidine groups is 1. The van der Waals surface area contributed by atoms with Crippen molar-refractivity contribution in [3.8, 4) is 0 Å². The molecular weight excluding hydrogens is 441 g/mol. The lowest BCUT2D eigenvalue weighted by molar-refractivity contribution is -0.113. The first-order chi connectivity index (χ1) is 15.4. The Labute approximate surface area is 194 Å². The summed E-state index contributed by atoms with van der Waals surface area (Å²) in [6.07, 6.45) is 0. The highest BCUT2D eigenvalue weighted by atomic mass is 32.2. The van der Waals surface area contributed by atoms with Crippen LogP contribution in [0.2, 0.25) is 0 Å². The normalized spacial score (nSPS) is 19.2. The van der Waals surface area contributed by atoms with E-state index in [4.69, 9.17) is 4.99 Å². The van der Waals surface area contributed by atoms with E-state index in [0.29, 0.717) is 15.8 Å². The number of hydrogen-bond donors (Lipinski definition) is 0. The van der Waals surface area contributed by atoms with Crippen molar-refractivity contribution in [1.82, 2.24) is 0 Å². The number of amides is 1. The Kier molecular flexibility index (Phi) is 5.31. The minimum atomic E-state index is -0.346. The summed E-state index contributed by atoms with van der Waals surface area (Å²) >= 11 is 2.94. The fraction of sp³-hybridized carbons (Fsp3) is 0.120. The van der Waals surface area contributed by atoms with Crippen LogP contribution < -0.4 is 9.80 Å². The van der Waals surface area contributed by atoms with Gasteiger partial charge in [-0.05, 0) is 73.6 Å². The third-order valence-electron chi connectivity index (χ3n) is 5.37. The molecule has 3 aromatic carbocycles. The second-order valence-electron chi connectivity index (χ2n) is 7.67.